The third-order valence-electron chi connectivity index (χ3n) is 3.65. The molecule has 4 aromatic rings. The van der Waals surface area contributed by atoms with Crippen LogP contribution < -0.4 is 2.78 Å². The Morgan fingerprint density at radius 2 is 1.32 bits per heavy atom. The van der Waals surface area contributed by atoms with E-state index < -0.39 is 0 Å². The summed E-state index contributed by atoms with van der Waals surface area (Å²) in [5, 5.41) is 7.88. The van der Waals surface area contributed by atoms with Crippen molar-refractivity contribution in [1.82, 2.24) is 0 Å². The van der Waals surface area contributed by atoms with Crippen LogP contribution in [0.4, 0.5) is 0 Å². The minimum Gasteiger partial charge on any atom is -0.143 e. The minimum atomic E-state index is 1.28. The first kappa shape index (κ1) is 11.2. The highest BCUT2D eigenvalue weighted by atomic mass is 127. The van der Waals surface area contributed by atoms with Gasteiger partial charge < -0.3 is 0 Å². The third-order valence-corrected chi connectivity index (χ3v) is 4.25. The van der Waals surface area contributed by atoms with Crippen LogP contribution >= 0.6 is 22.9 Å². The van der Waals surface area contributed by atoms with Crippen LogP contribution in [0, 0.1) is 0 Å². The van der Waals surface area contributed by atoms with E-state index in [9.17, 15) is 0 Å². The first-order valence-electron chi connectivity index (χ1n) is 6.24. The number of hydrogen-bond donors (Lipinski definition) is 0. The van der Waals surface area contributed by atoms with Crippen molar-refractivity contribution < 1.29 is 2.78 Å². The zero-order valence-electron chi connectivity index (χ0n) is 10.2. The third kappa shape index (κ3) is 1.70. The highest BCUT2D eigenvalue weighted by molar-refractivity contribution is 14.1. The Balaban J connectivity index is 2.26. The number of aromatic nitrogens is 1. The summed E-state index contributed by atoms with van der Waals surface area (Å²) in [6.07, 6.45) is 4.25. The molecule has 0 bridgehead atoms. The highest BCUT2D eigenvalue weighted by Crippen LogP contribution is 2.30. The second kappa shape index (κ2) is 4.17. The van der Waals surface area contributed by atoms with E-state index in [4.69, 9.17) is 0 Å². The van der Waals surface area contributed by atoms with Gasteiger partial charge in [-0.3, -0.25) is 0 Å². The van der Waals surface area contributed by atoms with E-state index in [0.29, 0.717) is 0 Å². The number of benzene rings is 3. The van der Waals surface area contributed by atoms with Gasteiger partial charge in [0.25, 0.3) is 0 Å². The molecule has 19 heavy (non-hydrogen) atoms. The van der Waals surface area contributed by atoms with Gasteiger partial charge in [0.15, 0.2) is 12.4 Å². The van der Waals surface area contributed by atoms with Crippen molar-refractivity contribution in [2.75, 3.05) is 0 Å². The van der Waals surface area contributed by atoms with Gasteiger partial charge in [0, 0.05) is 16.8 Å². The number of halogens is 1. The first-order valence-corrected chi connectivity index (χ1v) is 7.21. The summed E-state index contributed by atoms with van der Waals surface area (Å²) in [4.78, 5) is 0. The average Bonchev–Trinajstić information content (AvgIpc) is 2.46. The van der Waals surface area contributed by atoms with Crippen molar-refractivity contribution in [2.45, 2.75) is 0 Å². The molecular formula is C17H11IN+. The Labute approximate surface area is 125 Å². The molecule has 0 atom stereocenters. The van der Waals surface area contributed by atoms with Gasteiger partial charge in [-0.1, -0.05) is 42.5 Å². The smallest absolute Gasteiger partial charge is 0.143 e. The maximum absolute atomic E-state index is 2.28. The van der Waals surface area contributed by atoms with E-state index in [0.717, 1.165) is 0 Å². The molecule has 1 heterocycles. The molecule has 0 amide bonds. The lowest BCUT2D eigenvalue weighted by atomic mass is 9.98. The maximum atomic E-state index is 2.28. The second-order valence-electron chi connectivity index (χ2n) is 4.74. The molecule has 0 saturated heterocycles. The van der Waals surface area contributed by atoms with E-state index in [-0.39, 0.29) is 0 Å². The van der Waals surface area contributed by atoms with E-state index in [2.05, 4.69) is 92.6 Å². The van der Waals surface area contributed by atoms with Crippen molar-refractivity contribution in [2.24, 2.45) is 0 Å². The van der Waals surface area contributed by atoms with Crippen LogP contribution in [0.3, 0.4) is 0 Å². The summed E-state index contributed by atoms with van der Waals surface area (Å²) in [6, 6.07) is 19.6. The van der Waals surface area contributed by atoms with Crippen LogP contribution in [0.5, 0.6) is 0 Å². The van der Waals surface area contributed by atoms with Gasteiger partial charge in [0.2, 0.25) is 0 Å². The predicted octanol–water partition coefficient (Wildman–Crippen LogP) is 4.63. The summed E-state index contributed by atoms with van der Waals surface area (Å²) in [5.74, 6) is 0. The number of nitrogens with zero attached hydrogens (tertiary/aromatic N) is 1. The molecule has 90 valence electrons. The lowest BCUT2D eigenvalue weighted by molar-refractivity contribution is -0.438. The van der Waals surface area contributed by atoms with Gasteiger partial charge in [-0.05, 0) is 27.6 Å². The molecular weight excluding hydrogens is 345 g/mol. The Kier molecular flexibility index (Phi) is 2.45. The van der Waals surface area contributed by atoms with Gasteiger partial charge in [0.05, 0.1) is 0 Å². The molecule has 0 unspecified atom stereocenters. The zero-order chi connectivity index (χ0) is 12.8. The average molecular weight is 356 g/mol. The van der Waals surface area contributed by atoms with Crippen LogP contribution in [0.15, 0.2) is 67.0 Å². The molecule has 0 spiro atoms. The number of pyridine rings is 1. The summed E-state index contributed by atoms with van der Waals surface area (Å²) in [5.41, 5.74) is 0. The Morgan fingerprint density at radius 1 is 0.632 bits per heavy atom. The number of hydrogen-bond acceptors (Lipinski definition) is 0. The fraction of sp³-hybridized carbons (Fsp3) is 0. The van der Waals surface area contributed by atoms with Gasteiger partial charge in [0.1, 0.15) is 0 Å². The molecule has 1 aromatic heterocycles. The van der Waals surface area contributed by atoms with E-state index in [1.165, 1.54) is 32.3 Å². The molecule has 0 aliphatic heterocycles. The van der Waals surface area contributed by atoms with Crippen LogP contribution in [0.1, 0.15) is 0 Å². The summed E-state index contributed by atoms with van der Waals surface area (Å²) >= 11 is 2.28. The number of fused-ring (bicyclic) bond motifs is 5. The van der Waals surface area contributed by atoms with Gasteiger partial charge in [-0.15, -0.1) is 2.78 Å². The zero-order valence-corrected chi connectivity index (χ0v) is 12.3. The molecule has 0 aliphatic carbocycles. The van der Waals surface area contributed by atoms with Crippen molar-refractivity contribution in [3.8, 4) is 0 Å². The standard InChI is InChI=1S/C17H11IN/c18-19-10-9-15-13(11-19)6-8-16-14-4-2-1-3-12(14)5-7-17(15)16/h1-11H/q+1. The molecule has 0 N–H and O–H groups in total. The highest BCUT2D eigenvalue weighted by Gasteiger charge is 2.06. The van der Waals surface area contributed by atoms with Crippen LogP contribution in [-0.2, 0) is 0 Å². The fourth-order valence-corrected chi connectivity index (χ4v) is 3.21. The number of rotatable bonds is 0. The van der Waals surface area contributed by atoms with Crippen molar-refractivity contribution in [3.05, 3.63) is 67.0 Å². The van der Waals surface area contributed by atoms with E-state index in [1.807, 2.05) is 0 Å². The molecule has 1 nitrogen and oxygen atoms in total. The van der Waals surface area contributed by atoms with Crippen LogP contribution in [0.25, 0.3) is 32.3 Å². The predicted molar refractivity (Wildman–Crippen MR) is 88.6 cm³/mol. The van der Waals surface area contributed by atoms with Crippen LogP contribution in [0.2, 0.25) is 0 Å². The van der Waals surface area contributed by atoms with Gasteiger partial charge >= 0.3 is 22.9 Å². The Morgan fingerprint density at radius 3 is 2.16 bits per heavy atom. The van der Waals surface area contributed by atoms with Crippen molar-refractivity contribution in [1.29, 1.82) is 0 Å². The molecule has 4 rings (SSSR count). The first-order chi connectivity index (χ1) is 9.33. The van der Waals surface area contributed by atoms with E-state index >= 15 is 0 Å². The van der Waals surface area contributed by atoms with E-state index in [1.54, 1.807) is 0 Å². The normalized spacial score (nSPS) is 11.4. The largest absolute Gasteiger partial charge is 0.353 e. The molecule has 0 aliphatic rings. The van der Waals surface area contributed by atoms with Gasteiger partial charge in [-0.2, -0.15) is 0 Å². The van der Waals surface area contributed by atoms with Crippen molar-refractivity contribution in [3.63, 3.8) is 0 Å². The summed E-state index contributed by atoms with van der Waals surface area (Å²) in [7, 11) is 0. The molecule has 2 heteroatoms. The molecule has 0 fully saturated rings. The lowest BCUT2D eigenvalue weighted by Gasteiger charge is -2.06. The quantitative estimate of drug-likeness (QED) is 0.319. The molecule has 0 radical (unpaired) electrons. The molecule has 3 aromatic carbocycles. The fourth-order valence-electron chi connectivity index (χ4n) is 2.75. The maximum Gasteiger partial charge on any atom is 0.353 e. The monoisotopic (exact) mass is 356 g/mol. The Bertz CT molecular complexity index is 928. The summed E-state index contributed by atoms with van der Waals surface area (Å²) < 4.78 is 2.06. The van der Waals surface area contributed by atoms with Crippen molar-refractivity contribution >= 4 is 55.2 Å². The summed E-state index contributed by atoms with van der Waals surface area (Å²) in [6.45, 7) is 0. The van der Waals surface area contributed by atoms with Gasteiger partial charge in [-0.25, -0.2) is 0 Å². The Hall–Kier alpha value is -1.68. The topological polar surface area (TPSA) is 3.88 Å². The second-order valence-corrected chi connectivity index (χ2v) is 5.85. The van der Waals surface area contributed by atoms with Crippen LogP contribution in [-0.4, -0.2) is 0 Å². The SMILES string of the molecule is I[n+]1ccc2c(ccc3c4ccccc4ccc23)c1. The molecule has 0 saturated carbocycles. The minimum absolute atomic E-state index is 1.28. The lowest BCUT2D eigenvalue weighted by Crippen LogP contribution is -2.16.